The summed E-state index contributed by atoms with van der Waals surface area (Å²) in [4.78, 5) is 0. The molecule has 2 atom stereocenters. The fourth-order valence-electron chi connectivity index (χ4n) is 1.31. The van der Waals surface area contributed by atoms with Gasteiger partial charge in [-0.05, 0) is 0 Å². The maximum Gasteiger partial charge on any atom is 0.0733 e. The third-order valence-corrected chi connectivity index (χ3v) is 3.31. The van der Waals surface area contributed by atoms with E-state index in [-0.39, 0.29) is 11.3 Å². The van der Waals surface area contributed by atoms with Crippen LogP contribution in [0.5, 0.6) is 0 Å². The summed E-state index contributed by atoms with van der Waals surface area (Å²) in [5, 5.41) is 10.1. The Morgan fingerprint density at radius 1 is 1.69 bits per heavy atom. The Morgan fingerprint density at radius 3 is 2.69 bits per heavy atom. The minimum Gasteiger partial charge on any atom is -0.391 e. The van der Waals surface area contributed by atoms with Crippen LogP contribution < -0.4 is 0 Å². The highest BCUT2D eigenvalue weighted by molar-refractivity contribution is 9.11. The van der Waals surface area contributed by atoms with E-state index in [1.165, 1.54) is 0 Å². The van der Waals surface area contributed by atoms with Crippen molar-refractivity contribution in [2.45, 2.75) is 20.0 Å². The Morgan fingerprint density at radius 2 is 2.31 bits per heavy atom. The van der Waals surface area contributed by atoms with E-state index in [9.17, 15) is 5.11 Å². The third-order valence-electron chi connectivity index (χ3n) is 2.52. The fourth-order valence-corrected chi connectivity index (χ4v) is 1.87. The monoisotopic (exact) mass is 242 g/mol. The molecule has 0 radical (unpaired) electrons. The average Bonchev–Trinajstić information content (AvgIpc) is 2.50. The molecule has 0 heterocycles. The second-order valence-corrected chi connectivity index (χ2v) is 4.85. The lowest BCUT2D eigenvalue weighted by Gasteiger charge is -2.31. The summed E-state index contributed by atoms with van der Waals surface area (Å²) in [7, 11) is 0. The number of hydrogen-bond acceptors (Lipinski definition) is 1. The van der Waals surface area contributed by atoms with Gasteiger partial charge in [-0.25, -0.2) is 0 Å². The maximum atomic E-state index is 10.1. The number of aliphatic hydroxyl groups is 1. The lowest BCUT2D eigenvalue weighted by molar-refractivity contribution is 0.0599. The molecular weight excluding hydrogens is 228 g/mol. The van der Waals surface area contributed by atoms with Crippen molar-refractivity contribution in [2.24, 2.45) is 11.3 Å². The topological polar surface area (TPSA) is 20.2 Å². The van der Waals surface area contributed by atoms with Crippen molar-refractivity contribution in [2.75, 3.05) is 0 Å². The highest BCUT2D eigenvalue weighted by Crippen LogP contribution is 2.36. The summed E-state index contributed by atoms with van der Waals surface area (Å²) in [6.45, 7) is 7.70. The molecule has 0 saturated carbocycles. The van der Waals surface area contributed by atoms with E-state index in [0.717, 1.165) is 4.48 Å². The van der Waals surface area contributed by atoms with Crippen LogP contribution in [-0.2, 0) is 0 Å². The third kappa shape index (κ3) is 2.12. The number of allylic oxidation sites excluding steroid dienone is 2. The standard InChI is InChI=1S/C11H15BrO/c1-4-11(2,3)10(13)8-6-5-7-9(8)12/h4-8,10,13H,1H2,2-3H3. The first kappa shape index (κ1) is 10.7. The molecule has 0 fully saturated rings. The summed E-state index contributed by atoms with van der Waals surface area (Å²) in [5.41, 5.74) is -0.258. The van der Waals surface area contributed by atoms with E-state index >= 15 is 0 Å². The molecule has 0 aromatic carbocycles. The molecule has 13 heavy (non-hydrogen) atoms. The molecule has 0 aliphatic heterocycles. The van der Waals surface area contributed by atoms with Crippen molar-refractivity contribution in [3.63, 3.8) is 0 Å². The quantitative estimate of drug-likeness (QED) is 0.755. The highest BCUT2D eigenvalue weighted by Gasteiger charge is 2.32. The zero-order valence-corrected chi connectivity index (χ0v) is 9.58. The van der Waals surface area contributed by atoms with Crippen molar-refractivity contribution in [3.8, 4) is 0 Å². The van der Waals surface area contributed by atoms with Crippen LogP contribution >= 0.6 is 15.9 Å². The van der Waals surface area contributed by atoms with Gasteiger partial charge in [0.2, 0.25) is 0 Å². The van der Waals surface area contributed by atoms with E-state index in [2.05, 4.69) is 22.5 Å². The van der Waals surface area contributed by atoms with Gasteiger partial charge in [0.05, 0.1) is 6.10 Å². The van der Waals surface area contributed by atoms with Gasteiger partial charge >= 0.3 is 0 Å². The molecular formula is C11H15BrO. The van der Waals surface area contributed by atoms with E-state index in [0.29, 0.717) is 0 Å². The molecule has 0 bridgehead atoms. The largest absolute Gasteiger partial charge is 0.391 e. The predicted molar refractivity (Wildman–Crippen MR) is 59.6 cm³/mol. The van der Waals surface area contributed by atoms with E-state index in [1.54, 1.807) is 6.08 Å². The van der Waals surface area contributed by atoms with Crippen LogP contribution in [0.2, 0.25) is 0 Å². The van der Waals surface area contributed by atoms with Crippen LogP contribution in [0.3, 0.4) is 0 Å². The lowest BCUT2D eigenvalue weighted by atomic mass is 9.80. The minimum absolute atomic E-state index is 0.0769. The molecule has 0 aromatic heterocycles. The van der Waals surface area contributed by atoms with Gasteiger partial charge in [-0.2, -0.15) is 0 Å². The SMILES string of the molecule is C=CC(C)(C)C(O)C1C=CC=C1Br. The summed E-state index contributed by atoms with van der Waals surface area (Å²) >= 11 is 3.43. The van der Waals surface area contributed by atoms with Gasteiger partial charge in [-0.3, -0.25) is 0 Å². The van der Waals surface area contributed by atoms with E-state index < -0.39 is 6.10 Å². The molecule has 0 spiro atoms. The van der Waals surface area contributed by atoms with Crippen molar-refractivity contribution >= 4 is 15.9 Å². The lowest BCUT2D eigenvalue weighted by Crippen LogP contribution is -2.33. The molecule has 0 saturated heterocycles. The molecule has 1 rings (SSSR count). The number of rotatable bonds is 3. The van der Waals surface area contributed by atoms with Crippen LogP contribution in [-0.4, -0.2) is 11.2 Å². The normalized spacial score (nSPS) is 24.3. The first-order chi connectivity index (χ1) is 5.99. The van der Waals surface area contributed by atoms with Gasteiger partial charge < -0.3 is 5.11 Å². The zero-order valence-electron chi connectivity index (χ0n) is 8.00. The second kappa shape index (κ2) is 3.81. The smallest absolute Gasteiger partial charge is 0.0733 e. The average molecular weight is 243 g/mol. The van der Waals surface area contributed by atoms with Crippen LogP contribution in [0.4, 0.5) is 0 Å². The second-order valence-electron chi connectivity index (χ2n) is 3.93. The van der Waals surface area contributed by atoms with Crippen LogP contribution in [0.1, 0.15) is 13.8 Å². The zero-order chi connectivity index (χ0) is 10.1. The molecule has 2 unspecified atom stereocenters. The van der Waals surface area contributed by atoms with Gasteiger partial charge in [-0.15, -0.1) is 6.58 Å². The number of hydrogen-bond donors (Lipinski definition) is 1. The predicted octanol–water partition coefficient (Wildman–Crippen LogP) is 3.02. The van der Waals surface area contributed by atoms with Crippen molar-refractivity contribution in [3.05, 3.63) is 35.4 Å². The van der Waals surface area contributed by atoms with Gasteiger partial charge in [0.15, 0.2) is 0 Å². The molecule has 2 heteroatoms. The molecule has 0 aromatic rings. The fraction of sp³-hybridized carbons (Fsp3) is 0.455. The number of aliphatic hydroxyl groups excluding tert-OH is 1. The van der Waals surface area contributed by atoms with Crippen LogP contribution in [0.25, 0.3) is 0 Å². The Bertz CT molecular complexity index is 263. The first-order valence-corrected chi connectivity index (χ1v) is 5.14. The Labute approximate surface area is 88.0 Å². The molecule has 0 amide bonds. The summed E-state index contributed by atoms with van der Waals surface area (Å²) < 4.78 is 1.04. The van der Waals surface area contributed by atoms with Gasteiger partial charge in [-0.1, -0.05) is 54.1 Å². The van der Waals surface area contributed by atoms with Crippen molar-refractivity contribution in [1.82, 2.24) is 0 Å². The van der Waals surface area contributed by atoms with Crippen LogP contribution in [0.15, 0.2) is 35.4 Å². The Hall–Kier alpha value is -0.340. The molecule has 1 nitrogen and oxygen atoms in total. The Balaban J connectivity index is 2.79. The minimum atomic E-state index is -0.422. The summed E-state index contributed by atoms with van der Waals surface area (Å²) in [5.74, 6) is 0.0769. The van der Waals surface area contributed by atoms with Gasteiger partial charge in [0, 0.05) is 15.8 Å². The van der Waals surface area contributed by atoms with Gasteiger partial charge in [0.25, 0.3) is 0 Å². The van der Waals surface area contributed by atoms with Crippen LogP contribution in [0, 0.1) is 11.3 Å². The molecule has 1 N–H and O–H groups in total. The van der Waals surface area contributed by atoms with E-state index in [4.69, 9.17) is 0 Å². The highest BCUT2D eigenvalue weighted by atomic mass is 79.9. The van der Waals surface area contributed by atoms with Gasteiger partial charge in [0.1, 0.15) is 0 Å². The molecule has 1 aliphatic carbocycles. The van der Waals surface area contributed by atoms with Crippen molar-refractivity contribution in [1.29, 1.82) is 0 Å². The molecule has 1 aliphatic rings. The van der Waals surface area contributed by atoms with Crippen molar-refractivity contribution < 1.29 is 5.11 Å². The first-order valence-electron chi connectivity index (χ1n) is 4.34. The summed E-state index contributed by atoms with van der Waals surface area (Å²) in [6.07, 6.45) is 7.29. The summed E-state index contributed by atoms with van der Waals surface area (Å²) in [6, 6.07) is 0. The Kier molecular flexibility index (Phi) is 3.14. The number of halogens is 1. The van der Waals surface area contributed by atoms with E-state index in [1.807, 2.05) is 32.1 Å². The maximum absolute atomic E-state index is 10.1. The molecule has 72 valence electrons.